The highest BCUT2D eigenvalue weighted by atomic mass is 16.6. The van der Waals surface area contributed by atoms with E-state index in [2.05, 4.69) is 48.3 Å². The molecule has 172 valence electrons. The maximum atomic E-state index is 13.1. The number of carbonyl (C=O) groups is 1. The minimum Gasteiger partial charge on any atom is -0.438 e. The second-order valence-electron chi connectivity index (χ2n) is 8.69. The quantitative estimate of drug-likeness (QED) is 0.471. The zero-order chi connectivity index (χ0) is 23.3. The molecular formula is C28H32N2O3. The summed E-state index contributed by atoms with van der Waals surface area (Å²) in [6, 6.07) is 22.3. The van der Waals surface area contributed by atoms with E-state index in [1.807, 2.05) is 43.5 Å². The fourth-order valence-electron chi connectivity index (χ4n) is 4.59. The van der Waals surface area contributed by atoms with Gasteiger partial charge in [-0.3, -0.25) is 4.98 Å². The van der Waals surface area contributed by atoms with Crippen LogP contribution in [0.4, 0.5) is 4.79 Å². The predicted molar refractivity (Wildman–Crippen MR) is 130 cm³/mol. The van der Waals surface area contributed by atoms with E-state index in [0.29, 0.717) is 25.8 Å². The third-order valence-corrected chi connectivity index (χ3v) is 6.69. The molecule has 1 saturated heterocycles. The molecule has 1 fully saturated rings. The molecule has 3 aromatic rings. The molecule has 2 atom stereocenters. The van der Waals surface area contributed by atoms with Crippen molar-refractivity contribution < 1.29 is 14.6 Å². The summed E-state index contributed by atoms with van der Waals surface area (Å²) in [7, 11) is 0. The lowest BCUT2D eigenvalue weighted by molar-refractivity contribution is -0.0680. The van der Waals surface area contributed by atoms with Gasteiger partial charge in [-0.25, -0.2) is 4.79 Å². The smallest absolute Gasteiger partial charge is 0.411 e. The molecular weight excluding hydrogens is 412 g/mol. The highest BCUT2D eigenvalue weighted by Crippen LogP contribution is 2.40. The van der Waals surface area contributed by atoms with Gasteiger partial charge >= 0.3 is 6.09 Å². The standard InChI is InChI=1S/C28H32N2O3/c1-3-26-15-14-24(20-29-26)23-12-10-22(11-13-23)21(2)30-18-17-28(16-7-19-31,33-27(30)32)25-8-5-4-6-9-25/h4-6,8-15,20-21,31H,3,7,16-19H2,1-2H3/t21-,28+/m0/s1. The van der Waals surface area contributed by atoms with Gasteiger partial charge < -0.3 is 14.7 Å². The molecule has 5 heteroatoms. The van der Waals surface area contributed by atoms with Crippen molar-refractivity contribution in [1.29, 1.82) is 0 Å². The molecule has 4 rings (SSSR count). The second-order valence-corrected chi connectivity index (χ2v) is 8.69. The number of rotatable bonds is 8. The first kappa shape index (κ1) is 23.0. The number of benzene rings is 2. The molecule has 1 aliphatic rings. The number of aliphatic hydroxyl groups is 1. The van der Waals surface area contributed by atoms with Crippen LogP contribution in [0.15, 0.2) is 72.9 Å². The van der Waals surface area contributed by atoms with Crippen molar-refractivity contribution in [3.05, 3.63) is 89.7 Å². The van der Waals surface area contributed by atoms with E-state index in [4.69, 9.17) is 4.74 Å². The van der Waals surface area contributed by atoms with Crippen molar-refractivity contribution in [1.82, 2.24) is 9.88 Å². The molecule has 0 unspecified atom stereocenters. The first-order valence-corrected chi connectivity index (χ1v) is 11.8. The largest absolute Gasteiger partial charge is 0.438 e. The van der Waals surface area contributed by atoms with Crippen molar-refractivity contribution in [2.24, 2.45) is 0 Å². The van der Waals surface area contributed by atoms with Crippen LogP contribution in [0.2, 0.25) is 0 Å². The lowest BCUT2D eigenvalue weighted by Crippen LogP contribution is -2.48. The van der Waals surface area contributed by atoms with E-state index >= 15 is 0 Å². The number of pyridine rings is 1. The maximum Gasteiger partial charge on any atom is 0.411 e. The van der Waals surface area contributed by atoms with Gasteiger partial charge in [-0.05, 0) is 48.9 Å². The van der Waals surface area contributed by atoms with Crippen LogP contribution in [0.3, 0.4) is 0 Å². The van der Waals surface area contributed by atoms with Gasteiger partial charge in [-0.1, -0.05) is 67.6 Å². The number of aliphatic hydroxyl groups excluding tert-OH is 1. The van der Waals surface area contributed by atoms with Crippen molar-refractivity contribution in [2.75, 3.05) is 13.2 Å². The third-order valence-electron chi connectivity index (χ3n) is 6.69. The highest BCUT2D eigenvalue weighted by Gasteiger charge is 2.43. The molecule has 0 aliphatic carbocycles. The van der Waals surface area contributed by atoms with E-state index in [-0.39, 0.29) is 18.7 Å². The molecule has 1 aliphatic heterocycles. The summed E-state index contributed by atoms with van der Waals surface area (Å²) in [5, 5.41) is 9.39. The summed E-state index contributed by atoms with van der Waals surface area (Å²) in [5.41, 5.74) is 4.65. The van der Waals surface area contributed by atoms with E-state index in [9.17, 15) is 9.90 Å². The predicted octanol–water partition coefficient (Wildman–Crippen LogP) is 5.88. The van der Waals surface area contributed by atoms with Crippen LogP contribution in [-0.2, 0) is 16.8 Å². The summed E-state index contributed by atoms with van der Waals surface area (Å²) >= 11 is 0. The zero-order valence-electron chi connectivity index (χ0n) is 19.4. The van der Waals surface area contributed by atoms with Crippen LogP contribution in [0.5, 0.6) is 0 Å². The number of carbonyl (C=O) groups excluding carboxylic acids is 1. The first-order chi connectivity index (χ1) is 16.1. The molecule has 2 heterocycles. The van der Waals surface area contributed by atoms with Gasteiger partial charge in [0.1, 0.15) is 5.60 Å². The molecule has 0 radical (unpaired) electrons. The third kappa shape index (κ3) is 4.93. The number of cyclic esters (lactones) is 1. The Morgan fingerprint density at radius 3 is 2.39 bits per heavy atom. The molecule has 0 saturated carbocycles. The Balaban J connectivity index is 1.49. The summed E-state index contributed by atoms with van der Waals surface area (Å²) in [6.07, 6.45) is 4.43. The average Bonchev–Trinajstić information content (AvgIpc) is 2.88. The minimum absolute atomic E-state index is 0.0787. The molecule has 1 N–H and O–H groups in total. The van der Waals surface area contributed by atoms with Gasteiger partial charge in [0.2, 0.25) is 0 Å². The van der Waals surface area contributed by atoms with Crippen LogP contribution in [0.1, 0.15) is 56.0 Å². The van der Waals surface area contributed by atoms with Gasteiger partial charge in [0, 0.05) is 37.0 Å². The zero-order valence-corrected chi connectivity index (χ0v) is 19.4. The molecule has 1 aromatic heterocycles. The van der Waals surface area contributed by atoms with Crippen molar-refractivity contribution >= 4 is 6.09 Å². The number of nitrogens with zero attached hydrogens (tertiary/aromatic N) is 2. The summed E-state index contributed by atoms with van der Waals surface area (Å²) in [5.74, 6) is 0. The lowest BCUT2D eigenvalue weighted by atomic mass is 9.84. The normalized spacial score (nSPS) is 19.2. The van der Waals surface area contributed by atoms with Crippen molar-refractivity contribution in [3.8, 4) is 11.1 Å². The Labute approximate surface area is 196 Å². The first-order valence-electron chi connectivity index (χ1n) is 11.8. The van der Waals surface area contributed by atoms with E-state index in [1.165, 1.54) is 0 Å². The highest BCUT2D eigenvalue weighted by molar-refractivity contribution is 5.70. The molecule has 33 heavy (non-hydrogen) atoms. The Morgan fingerprint density at radius 2 is 1.79 bits per heavy atom. The Kier molecular flexibility index (Phi) is 7.09. The van der Waals surface area contributed by atoms with Gasteiger partial charge in [0.25, 0.3) is 0 Å². The van der Waals surface area contributed by atoms with Crippen LogP contribution in [0.25, 0.3) is 11.1 Å². The fraction of sp³-hybridized carbons (Fsp3) is 0.357. The summed E-state index contributed by atoms with van der Waals surface area (Å²) < 4.78 is 6.10. The molecule has 0 bridgehead atoms. The van der Waals surface area contributed by atoms with Gasteiger partial charge in [0.05, 0.1) is 6.04 Å². The average molecular weight is 445 g/mol. The Bertz CT molecular complexity index is 1050. The minimum atomic E-state index is -0.682. The lowest BCUT2D eigenvalue weighted by Gasteiger charge is -2.43. The summed E-state index contributed by atoms with van der Waals surface area (Å²) in [6.45, 7) is 4.82. The number of aryl methyl sites for hydroxylation is 1. The van der Waals surface area contributed by atoms with E-state index < -0.39 is 5.60 Å². The van der Waals surface area contributed by atoms with Crippen molar-refractivity contribution in [3.63, 3.8) is 0 Å². The van der Waals surface area contributed by atoms with Crippen molar-refractivity contribution in [2.45, 2.75) is 51.2 Å². The van der Waals surface area contributed by atoms with Crippen LogP contribution >= 0.6 is 0 Å². The second kappa shape index (κ2) is 10.2. The molecule has 5 nitrogen and oxygen atoms in total. The number of hydrogen-bond donors (Lipinski definition) is 1. The molecule has 2 aromatic carbocycles. The van der Waals surface area contributed by atoms with Gasteiger partial charge in [-0.2, -0.15) is 0 Å². The molecule has 0 spiro atoms. The Hall–Kier alpha value is -3.18. The monoisotopic (exact) mass is 444 g/mol. The fourth-order valence-corrected chi connectivity index (χ4v) is 4.59. The molecule has 1 amide bonds. The van der Waals surface area contributed by atoms with E-state index in [0.717, 1.165) is 34.4 Å². The van der Waals surface area contributed by atoms with Gasteiger partial charge in [0.15, 0.2) is 0 Å². The maximum absolute atomic E-state index is 13.1. The van der Waals surface area contributed by atoms with Crippen LogP contribution in [-0.4, -0.2) is 34.2 Å². The number of aromatic nitrogens is 1. The SMILES string of the molecule is CCc1ccc(-c2ccc([C@H](C)N3CC[C@](CCCO)(c4ccccc4)OC3=O)cc2)cn1. The number of amides is 1. The van der Waals surface area contributed by atoms with E-state index in [1.54, 1.807) is 4.90 Å². The van der Waals surface area contributed by atoms with Crippen LogP contribution < -0.4 is 0 Å². The van der Waals surface area contributed by atoms with Crippen LogP contribution in [0, 0.1) is 0 Å². The Morgan fingerprint density at radius 1 is 1.06 bits per heavy atom. The number of ether oxygens (including phenoxy) is 1. The topological polar surface area (TPSA) is 62.7 Å². The number of hydrogen-bond acceptors (Lipinski definition) is 4. The summed E-state index contributed by atoms with van der Waals surface area (Å²) in [4.78, 5) is 19.4. The van der Waals surface area contributed by atoms with Gasteiger partial charge in [-0.15, -0.1) is 0 Å².